The molecule has 0 aliphatic rings. The van der Waals surface area contributed by atoms with Gasteiger partial charge in [-0.1, -0.05) is 22.0 Å². The molecule has 1 unspecified atom stereocenters. The van der Waals surface area contributed by atoms with E-state index in [-0.39, 0.29) is 5.56 Å². The molecule has 6 heteroatoms. The Morgan fingerprint density at radius 2 is 1.64 bits per heavy atom. The highest BCUT2D eigenvalue weighted by Gasteiger charge is 2.38. The molecule has 14 heavy (non-hydrogen) atoms. The van der Waals surface area contributed by atoms with Crippen LogP contribution in [0.3, 0.4) is 0 Å². The highest BCUT2D eigenvalue weighted by atomic mass is 79.9. The molecule has 0 aromatic heterocycles. The summed E-state index contributed by atoms with van der Waals surface area (Å²) in [6.07, 6.45) is -4.27. The van der Waals surface area contributed by atoms with Crippen molar-refractivity contribution in [3.8, 4) is 0 Å². The summed E-state index contributed by atoms with van der Waals surface area (Å²) in [5.41, 5.74) is 0.174. The second-order valence-corrected chi connectivity index (χ2v) is 5.20. The van der Waals surface area contributed by atoms with Crippen LogP contribution in [0.25, 0.3) is 0 Å². The lowest BCUT2D eigenvalue weighted by molar-refractivity contribution is -0.128. The minimum absolute atomic E-state index is 0.174. The van der Waals surface area contributed by atoms with Crippen molar-refractivity contribution in [1.82, 2.24) is 0 Å². The molecule has 0 N–H and O–H groups in total. The first-order chi connectivity index (χ1) is 6.32. The van der Waals surface area contributed by atoms with Crippen molar-refractivity contribution in [1.29, 1.82) is 0 Å². The van der Waals surface area contributed by atoms with Crippen LogP contribution in [0.4, 0.5) is 13.2 Å². The first-order valence-electron chi connectivity index (χ1n) is 3.48. The van der Waals surface area contributed by atoms with Crippen LogP contribution in [-0.4, -0.2) is 6.18 Å². The Morgan fingerprint density at radius 1 is 1.07 bits per heavy atom. The average molecular weight is 397 g/mol. The normalized spacial score (nSPS) is 14.1. The Kier molecular flexibility index (Phi) is 4.05. The van der Waals surface area contributed by atoms with Crippen LogP contribution in [0.15, 0.2) is 27.1 Å². The Hall–Kier alpha value is 0.450. The Bertz CT molecular complexity index is 335. The first-order valence-corrected chi connectivity index (χ1v) is 5.98. The lowest BCUT2D eigenvalue weighted by Crippen LogP contribution is -2.15. The Balaban J connectivity index is 3.03. The summed E-state index contributed by atoms with van der Waals surface area (Å²) in [5, 5.41) is 0. The Morgan fingerprint density at radius 3 is 2.07 bits per heavy atom. The third-order valence-corrected chi connectivity index (χ3v) is 4.45. The number of rotatable bonds is 1. The third kappa shape index (κ3) is 2.97. The van der Waals surface area contributed by atoms with Crippen molar-refractivity contribution >= 4 is 47.8 Å². The van der Waals surface area contributed by atoms with Crippen molar-refractivity contribution < 1.29 is 13.2 Å². The molecule has 0 aliphatic carbocycles. The molecule has 1 aromatic carbocycles. The number of alkyl halides is 4. The molecule has 0 saturated heterocycles. The van der Waals surface area contributed by atoms with Crippen LogP contribution >= 0.6 is 47.8 Å². The molecule has 0 heterocycles. The van der Waals surface area contributed by atoms with Gasteiger partial charge in [0.2, 0.25) is 0 Å². The van der Waals surface area contributed by atoms with Crippen LogP contribution in [-0.2, 0) is 0 Å². The predicted octanol–water partition coefficient (Wildman–Crippen LogP) is 5.21. The maximum atomic E-state index is 12.3. The van der Waals surface area contributed by atoms with E-state index in [0.717, 1.165) is 4.47 Å². The molecule has 1 rings (SSSR count). The zero-order valence-electron chi connectivity index (χ0n) is 6.58. The smallest absolute Gasteiger partial charge is 0.169 e. The molecule has 1 atom stereocenters. The second-order valence-electron chi connectivity index (χ2n) is 2.58. The summed E-state index contributed by atoms with van der Waals surface area (Å²) in [4.78, 5) is -1.63. The highest BCUT2D eigenvalue weighted by molar-refractivity contribution is 9.13. The number of halogens is 6. The van der Waals surface area contributed by atoms with Crippen LogP contribution in [0.1, 0.15) is 10.4 Å². The molecule has 0 nitrogen and oxygen atoms in total. The number of benzene rings is 1. The van der Waals surface area contributed by atoms with Gasteiger partial charge >= 0.3 is 6.18 Å². The minimum Gasteiger partial charge on any atom is -0.169 e. The van der Waals surface area contributed by atoms with Crippen molar-refractivity contribution in [2.75, 3.05) is 0 Å². The second kappa shape index (κ2) is 4.53. The topological polar surface area (TPSA) is 0 Å². The van der Waals surface area contributed by atoms with E-state index >= 15 is 0 Å². The summed E-state index contributed by atoms with van der Waals surface area (Å²) in [7, 11) is 0. The third-order valence-electron chi connectivity index (χ3n) is 1.52. The highest BCUT2D eigenvalue weighted by Crippen LogP contribution is 2.41. The first kappa shape index (κ1) is 12.5. The summed E-state index contributed by atoms with van der Waals surface area (Å²) in [6.45, 7) is 0. The summed E-state index contributed by atoms with van der Waals surface area (Å²) >= 11 is 8.94. The van der Waals surface area contributed by atoms with Crippen molar-refractivity contribution in [3.63, 3.8) is 0 Å². The standard InChI is InChI=1S/C8H4Br3F3/c9-5-2-1-4(3-6(5)10)7(11)8(12,13)14/h1-3,7H. The fraction of sp³-hybridized carbons (Fsp3) is 0.250. The molecule has 1 aromatic rings. The molecule has 78 valence electrons. The van der Waals surface area contributed by atoms with Crippen molar-refractivity contribution in [3.05, 3.63) is 32.7 Å². The van der Waals surface area contributed by atoms with E-state index in [2.05, 4.69) is 47.8 Å². The van der Waals surface area contributed by atoms with Crippen molar-refractivity contribution in [2.45, 2.75) is 11.0 Å². The molecule has 0 spiro atoms. The zero-order valence-corrected chi connectivity index (χ0v) is 11.3. The van der Waals surface area contributed by atoms with Crippen LogP contribution in [0.5, 0.6) is 0 Å². The van der Waals surface area contributed by atoms with E-state index in [1.165, 1.54) is 12.1 Å². The quantitative estimate of drug-likeness (QED) is 0.572. The van der Waals surface area contributed by atoms with Gasteiger partial charge < -0.3 is 0 Å². The monoisotopic (exact) mass is 394 g/mol. The van der Waals surface area contributed by atoms with Crippen molar-refractivity contribution in [2.24, 2.45) is 0 Å². The molecular formula is C8H4Br3F3. The van der Waals surface area contributed by atoms with Gasteiger partial charge in [-0.2, -0.15) is 13.2 Å². The van der Waals surface area contributed by atoms with E-state index in [0.29, 0.717) is 4.47 Å². The van der Waals surface area contributed by atoms with Gasteiger partial charge in [-0.05, 0) is 49.6 Å². The summed E-state index contributed by atoms with van der Waals surface area (Å²) in [6, 6.07) is 4.41. The SMILES string of the molecule is FC(F)(F)C(Br)c1ccc(Br)c(Br)c1. The summed E-state index contributed by atoms with van der Waals surface area (Å²) < 4.78 is 38.2. The lowest BCUT2D eigenvalue weighted by Gasteiger charge is -2.14. The molecule has 0 aliphatic heterocycles. The van der Waals surface area contributed by atoms with Gasteiger partial charge in [-0.15, -0.1) is 0 Å². The van der Waals surface area contributed by atoms with Crippen LogP contribution in [0.2, 0.25) is 0 Å². The van der Waals surface area contributed by atoms with Crippen LogP contribution in [0, 0.1) is 0 Å². The van der Waals surface area contributed by atoms with Gasteiger partial charge in [-0.25, -0.2) is 0 Å². The molecular weight excluding hydrogens is 393 g/mol. The fourth-order valence-electron chi connectivity index (χ4n) is 0.859. The van der Waals surface area contributed by atoms with Gasteiger partial charge in [-0.3, -0.25) is 0 Å². The predicted molar refractivity (Wildman–Crippen MR) is 59.6 cm³/mol. The molecule has 0 bridgehead atoms. The van der Waals surface area contributed by atoms with Gasteiger partial charge in [0.15, 0.2) is 0 Å². The maximum absolute atomic E-state index is 12.3. The van der Waals surface area contributed by atoms with Gasteiger partial charge in [0, 0.05) is 8.95 Å². The van der Waals surface area contributed by atoms with Gasteiger partial charge in [0.25, 0.3) is 0 Å². The van der Waals surface area contributed by atoms with Crippen LogP contribution < -0.4 is 0 Å². The number of hydrogen-bond acceptors (Lipinski definition) is 0. The van der Waals surface area contributed by atoms with E-state index in [1.54, 1.807) is 6.07 Å². The van der Waals surface area contributed by atoms with E-state index < -0.39 is 11.0 Å². The molecule has 0 radical (unpaired) electrons. The van der Waals surface area contributed by atoms with Gasteiger partial charge in [0.05, 0.1) is 0 Å². The molecule has 0 fully saturated rings. The van der Waals surface area contributed by atoms with E-state index in [1.807, 2.05) is 0 Å². The fourth-order valence-corrected chi connectivity index (χ4v) is 1.79. The number of hydrogen-bond donors (Lipinski definition) is 0. The summed E-state index contributed by atoms with van der Waals surface area (Å²) in [5.74, 6) is 0. The average Bonchev–Trinajstić information content (AvgIpc) is 2.07. The van der Waals surface area contributed by atoms with E-state index in [9.17, 15) is 13.2 Å². The van der Waals surface area contributed by atoms with E-state index in [4.69, 9.17) is 0 Å². The zero-order chi connectivity index (χ0) is 10.9. The minimum atomic E-state index is -4.27. The van der Waals surface area contributed by atoms with Gasteiger partial charge in [0.1, 0.15) is 4.83 Å². The largest absolute Gasteiger partial charge is 0.405 e. The Labute approximate surface area is 104 Å². The maximum Gasteiger partial charge on any atom is 0.405 e. The lowest BCUT2D eigenvalue weighted by atomic mass is 10.1. The molecule has 0 saturated carbocycles. The molecule has 0 amide bonds.